The van der Waals surface area contributed by atoms with Gasteiger partial charge in [-0.25, -0.2) is 0 Å². The molecule has 1 fully saturated rings. The molecule has 1 aromatic carbocycles. The molecule has 1 amide bonds. The molecule has 7 heteroatoms. The van der Waals surface area contributed by atoms with E-state index in [2.05, 4.69) is 15.2 Å². The Labute approximate surface area is 157 Å². The zero-order chi connectivity index (χ0) is 18.5. The molecule has 27 heavy (non-hydrogen) atoms. The molecule has 0 atom stereocenters. The minimum atomic E-state index is 0.121. The molecule has 7 nitrogen and oxygen atoms in total. The smallest absolute Gasteiger partial charge is 0.278 e. The second-order valence-electron chi connectivity index (χ2n) is 7.48. The molecule has 5 rings (SSSR count). The van der Waals surface area contributed by atoms with E-state index in [1.165, 1.54) is 0 Å². The Balaban J connectivity index is 1.38. The maximum Gasteiger partial charge on any atom is 0.278 e. The van der Waals surface area contributed by atoms with Gasteiger partial charge in [-0.05, 0) is 30.9 Å². The van der Waals surface area contributed by atoms with Crippen LogP contribution in [0.15, 0.2) is 28.8 Å². The van der Waals surface area contributed by atoms with E-state index in [4.69, 9.17) is 4.52 Å². The van der Waals surface area contributed by atoms with Crippen LogP contribution in [0.4, 0.5) is 0 Å². The fourth-order valence-corrected chi connectivity index (χ4v) is 3.66. The maximum absolute atomic E-state index is 12.8. The predicted molar refractivity (Wildman–Crippen MR) is 97.6 cm³/mol. The average Bonchev–Trinajstić information content (AvgIpc) is 3.11. The number of amides is 1. The van der Waals surface area contributed by atoms with E-state index in [9.17, 15) is 4.79 Å². The Hall–Kier alpha value is -2.96. The molecular formula is C20H21N5O2. The molecule has 0 bridgehead atoms. The minimum Gasteiger partial charge on any atom is -0.332 e. The monoisotopic (exact) mass is 363 g/mol. The first-order valence-electron chi connectivity index (χ1n) is 9.31. The summed E-state index contributed by atoms with van der Waals surface area (Å²) in [5.41, 5.74) is 4.97. The quantitative estimate of drug-likeness (QED) is 0.712. The van der Waals surface area contributed by atoms with Crippen LogP contribution in [0.3, 0.4) is 0 Å². The average molecular weight is 363 g/mol. The first kappa shape index (κ1) is 16.2. The standard InChI is InChI=1S/C20H21N5O2/c1-12-5-3-4-6-14(12)9-17(26)25-10-15-16(11-25)24(2)22-18(15)20-21-19(23-27-20)13-7-8-13/h3-6,13H,7-11H2,1-2H3. The second-order valence-corrected chi connectivity index (χ2v) is 7.48. The predicted octanol–water partition coefficient (Wildman–Crippen LogP) is 2.74. The van der Waals surface area contributed by atoms with Gasteiger partial charge in [0.1, 0.15) is 0 Å². The summed E-state index contributed by atoms with van der Waals surface area (Å²) in [6, 6.07) is 8.02. The Kier molecular flexibility index (Phi) is 3.63. The number of carbonyl (C=O) groups excluding carboxylic acids is 1. The molecule has 3 aromatic rings. The highest BCUT2D eigenvalue weighted by atomic mass is 16.5. The van der Waals surface area contributed by atoms with Crippen LogP contribution in [-0.4, -0.2) is 30.7 Å². The Bertz CT molecular complexity index is 1030. The van der Waals surface area contributed by atoms with Gasteiger partial charge in [-0.1, -0.05) is 29.4 Å². The van der Waals surface area contributed by atoms with Crippen LogP contribution < -0.4 is 0 Å². The van der Waals surface area contributed by atoms with E-state index in [1.807, 2.05) is 47.8 Å². The molecule has 2 aromatic heterocycles. The van der Waals surface area contributed by atoms with Crippen molar-refractivity contribution in [3.05, 3.63) is 52.5 Å². The van der Waals surface area contributed by atoms with Crippen molar-refractivity contribution in [1.82, 2.24) is 24.8 Å². The zero-order valence-electron chi connectivity index (χ0n) is 15.5. The second kappa shape index (κ2) is 6.04. The normalized spacial score (nSPS) is 16.0. The summed E-state index contributed by atoms with van der Waals surface area (Å²) in [6.07, 6.45) is 2.66. The van der Waals surface area contributed by atoms with Crippen molar-refractivity contribution in [1.29, 1.82) is 0 Å². The Morgan fingerprint density at radius 3 is 2.85 bits per heavy atom. The van der Waals surface area contributed by atoms with Gasteiger partial charge in [0.05, 0.1) is 25.2 Å². The first-order chi connectivity index (χ1) is 13.1. The van der Waals surface area contributed by atoms with E-state index in [-0.39, 0.29) is 5.91 Å². The van der Waals surface area contributed by atoms with Gasteiger partial charge in [-0.3, -0.25) is 9.48 Å². The van der Waals surface area contributed by atoms with Gasteiger partial charge in [-0.15, -0.1) is 0 Å². The summed E-state index contributed by atoms with van der Waals surface area (Å²) in [7, 11) is 1.90. The summed E-state index contributed by atoms with van der Waals surface area (Å²) in [5.74, 6) is 1.79. The van der Waals surface area contributed by atoms with Gasteiger partial charge in [0.15, 0.2) is 11.5 Å². The third-order valence-corrected chi connectivity index (χ3v) is 5.51. The van der Waals surface area contributed by atoms with Crippen molar-refractivity contribution >= 4 is 5.91 Å². The molecule has 138 valence electrons. The van der Waals surface area contributed by atoms with Gasteiger partial charge in [0.2, 0.25) is 5.91 Å². The van der Waals surface area contributed by atoms with Gasteiger partial charge in [0, 0.05) is 18.5 Å². The van der Waals surface area contributed by atoms with Crippen LogP contribution in [0.2, 0.25) is 0 Å². The number of rotatable bonds is 4. The molecule has 3 heterocycles. The molecule has 1 aliphatic carbocycles. The third kappa shape index (κ3) is 2.83. The Morgan fingerprint density at radius 2 is 2.07 bits per heavy atom. The highest BCUT2D eigenvalue weighted by Gasteiger charge is 2.34. The van der Waals surface area contributed by atoms with E-state index >= 15 is 0 Å². The number of hydrogen-bond acceptors (Lipinski definition) is 5. The number of aryl methyl sites for hydroxylation is 2. The molecule has 0 unspecified atom stereocenters. The number of fused-ring (bicyclic) bond motifs is 1. The van der Waals surface area contributed by atoms with Crippen molar-refractivity contribution in [3.63, 3.8) is 0 Å². The molecule has 2 aliphatic rings. The van der Waals surface area contributed by atoms with Crippen molar-refractivity contribution in [2.24, 2.45) is 7.05 Å². The number of carbonyl (C=O) groups is 1. The van der Waals surface area contributed by atoms with Crippen LogP contribution in [0.25, 0.3) is 11.6 Å². The van der Waals surface area contributed by atoms with Crippen LogP contribution >= 0.6 is 0 Å². The SMILES string of the molecule is Cc1ccccc1CC(=O)N1Cc2c(-c3nc(C4CC4)no3)nn(C)c2C1. The number of benzene rings is 1. The molecular weight excluding hydrogens is 342 g/mol. The van der Waals surface area contributed by atoms with Crippen LogP contribution in [0.1, 0.15) is 47.0 Å². The fourth-order valence-electron chi connectivity index (χ4n) is 3.66. The van der Waals surface area contributed by atoms with Crippen molar-refractivity contribution in [2.45, 2.75) is 45.2 Å². The number of nitrogens with zero attached hydrogens (tertiary/aromatic N) is 5. The topological polar surface area (TPSA) is 77.1 Å². The molecule has 0 N–H and O–H groups in total. The van der Waals surface area contributed by atoms with Gasteiger partial charge in [-0.2, -0.15) is 10.1 Å². The zero-order valence-corrected chi connectivity index (χ0v) is 15.5. The molecule has 0 spiro atoms. The van der Waals surface area contributed by atoms with Crippen molar-refractivity contribution in [2.75, 3.05) is 0 Å². The largest absolute Gasteiger partial charge is 0.332 e. The molecule has 1 aliphatic heterocycles. The van der Waals surface area contributed by atoms with Gasteiger partial charge < -0.3 is 9.42 Å². The molecule has 1 saturated carbocycles. The van der Waals surface area contributed by atoms with Gasteiger partial charge >= 0.3 is 0 Å². The van der Waals surface area contributed by atoms with Crippen molar-refractivity contribution in [3.8, 4) is 11.6 Å². The lowest BCUT2D eigenvalue weighted by atomic mass is 10.1. The van der Waals surface area contributed by atoms with E-state index in [0.29, 0.717) is 37.0 Å². The lowest BCUT2D eigenvalue weighted by Crippen LogP contribution is -2.28. The van der Waals surface area contributed by atoms with Gasteiger partial charge in [0.25, 0.3) is 5.89 Å². The number of hydrogen-bond donors (Lipinski definition) is 0. The lowest BCUT2D eigenvalue weighted by molar-refractivity contribution is -0.131. The number of aromatic nitrogens is 4. The van der Waals surface area contributed by atoms with Crippen LogP contribution in [0.5, 0.6) is 0 Å². The Morgan fingerprint density at radius 1 is 1.26 bits per heavy atom. The molecule has 0 radical (unpaired) electrons. The summed E-state index contributed by atoms with van der Waals surface area (Å²) < 4.78 is 7.28. The molecule has 0 saturated heterocycles. The first-order valence-corrected chi connectivity index (χ1v) is 9.31. The summed E-state index contributed by atoms with van der Waals surface area (Å²) >= 11 is 0. The summed E-state index contributed by atoms with van der Waals surface area (Å²) in [4.78, 5) is 19.2. The van der Waals surface area contributed by atoms with Crippen molar-refractivity contribution < 1.29 is 9.32 Å². The van der Waals surface area contributed by atoms with E-state index in [0.717, 1.165) is 41.1 Å². The summed E-state index contributed by atoms with van der Waals surface area (Å²) in [6.45, 7) is 3.13. The summed E-state index contributed by atoms with van der Waals surface area (Å²) in [5, 5.41) is 8.66. The van der Waals surface area contributed by atoms with E-state index in [1.54, 1.807) is 0 Å². The highest BCUT2D eigenvalue weighted by molar-refractivity contribution is 5.80. The highest BCUT2D eigenvalue weighted by Crippen LogP contribution is 2.39. The van der Waals surface area contributed by atoms with Crippen LogP contribution in [0, 0.1) is 6.92 Å². The fraction of sp³-hybridized carbons (Fsp3) is 0.400. The lowest BCUT2D eigenvalue weighted by Gasteiger charge is -2.17. The third-order valence-electron chi connectivity index (χ3n) is 5.51. The maximum atomic E-state index is 12.8. The van der Waals surface area contributed by atoms with E-state index < -0.39 is 0 Å². The minimum absolute atomic E-state index is 0.121. The van der Waals surface area contributed by atoms with Crippen LogP contribution in [-0.2, 0) is 31.4 Å².